The molecule has 0 radical (unpaired) electrons. The molecule has 0 amide bonds. The van der Waals surface area contributed by atoms with Gasteiger partial charge in [-0.05, 0) is 24.1 Å². The van der Waals surface area contributed by atoms with E-state index in [0.717, 1.165) is 18.5 Å². The van der Waals surface area contributed by atoms with Crippen LogP contribution in [0.25, 0.3) is 0 Å². The predicted octanol–water partition coefficient (Wildman–Crippen LogP) is 1.83. The minimum Gasteiger partial charge on any atom is -0.399 e. The summed E-state index contributed by atoms with van der Waals surface area (Å²) in [4.78, 5) is 0. The van der Waals surface area contributed by atoms with Crippen molar-refractivity contribution in [3.8, 4) is 12.3 Å². The van der Waals surface area contributed by atoms with Crippen molar-refractivity contribution in [3.05, 3.63) is 29.8 Å². The second-order valence-electron chi connectivity index (χ2n) is 2.45. The third-order valence-electron chi connectivity index (χ3n) is 1.51. The van der Waals surface area contributed by atoms with Gasteiger partial charge in [0.1, 0.15) is 0 Å². The van der Waals surface area contributed by atoms with Crippen LogP contribution in [0.4, 0.5) is 5.69 Å². The molecule has 1 heteroatoms. The lowest BCUT2D eigenvalue weighted by molar-refractivity contribution is 1.03. The fourth-order valence-corrected chi connectivity index (χ4v) is 0.965. The average molecular weight is 145 g/mol. The first-order valence-corrected chi connectivity index (χ1v) is 3.61. The molecular formula is C10H11N. The van der Waals surface area contributed by atoms with Crippen LogP contribution in [0.5, 0.6) is 0 Å². The van der Waals surface area contributed by atoms with Gasteiger partial charge in [0, 0.05) is 12.1 Å². The summed E-state index contributed by atoms with van der Waals surface area (Å²) >= 11 is 0. The van der Waals surface area contributed by atoms with Crippen molar-refractivity contribution in [1.29, 1.82) is 0 Å². The average Bonchev–Trinajstić information content (AvgIpc) is 2.01. The molecule has 0 fully saturated rings. The van der Waals surface area contributed by atoms with Crippen LogP contribution in [0.1, 0.15) is 12.0 Å². The summed E-state index contributed by atoms with van der Waals surface area (Å²) in [5.74, 6) is 2.59. The fraction of sp³-hybridized carbons (Fsp3) is 0.200. The van der Waals surface area contributed by atoms with Crippen LogP contribution in [0.3, 0.4) is 0 Å². The van der Waals surface area contributed by atoms with Crippen molar-refractivity contribution >= 4 is 5.69 Å². The first-order valence-electron chi connectivity index (χ1n) is 3.61. The minimum atomic E-state index is 0.781. The van der Waals surface area contributed by atoms with Crippen molar-refractivity contribution in [2.75, 3.05) is 5.73 Å². The summed E-state index contributed by atoms with van der Waals surface area (Å²) in [5.41, 5.74) is 7.59. The maximum absolute atomic E-state index is 5.58. The second-order valence-corrected chi connectivity index (χ2v) is 2.45. The molecule has 0 saturated heterocycles. The van der Waals surface area contributed by atoms with Gasteiger partial charge in [0.05, 0.1) is 0 Å². The van der Waals surface area contributed by atoms with E-state index in [0.29, 0.717) is 0 Å². The molecule has 0 atom stereocenters. The molecule has 1 aromatic rings. The first-order chi connectivity index (χ1) is 5.33. The predicted molar refractivity (Wildman–Crippen MR) is 48.0 cm³/mol. The molecule has 0 spiro atoms. The van der Waals surface area contributed by atoms with E-state index in [1.165, 1.54) is 5.56 Å². The molecular weight excluding hydrogens is 134 g/mol. The number of aryl methyl sites for hydroxylation is 1. The van der Waals surface area contributed by atoms with E-state index < -0.39 is 0 Å². The third kappa shape index (κ3) is 2.35. The van der Waals surface area contributed by atoms with Gasteiger partial charge in [0.2, 0.25) is 0 Å². The molecule has 2 N–H and O–H groups in total. The summed E-state index contributed by atoms with van der Waals surface area (Å²) < 4.78 is 0. The summed E-state index contributed by atoms with van der Waals surface area (Å²) in [6.45, 7) is 0. The van der Waals surface area contributed by atoms with Gasteiger partial charge >= 0.3 is 0 Å². The maximum Gasteiger partial charge on any atom is 0.0316 e. The molecule has 11 heavy (non-hydrogen) atoms. The zero-order valence-corrected chi connectivity index (χ0v) is 6.38. The molecule has 0 aromatic heterocycles. The van der Waals surface area contributed by atoms with Gasteiger partial charge in [0.25, 0.3) is 0 Å². The molecule has 1 aromatic carbocycles. The Morgan fingerprint density at radius 3 is 2.91 bits per heavy atom. The van der Waals surface area contributed by atoms with Crippen molar-refractivity contribution in [2.24, 2.45) is 0 Å². The number of benzene rings is 1. The van der Waals surface area contributed by atoms with E-state index in [4.69, 9.17) is 12.2 Å². The Morgan fingerprint density at radius 1 is 1.45 bits per heavy atom. The van der Waals surface area contributed by atoms with Crippen molar-refractivity contribution in [2.45, 2.75) is 12.8 Å². The highest BCUT2D eigenvalue weighted by molar-refractivity contribution is 5.40. The van der Waals surface area contributed by atoms with Gasteiger partial charge in [-0.1, -0.05) is 12.1 Å². The normalized spacial score (nSPS) is 9.00. The van der Waals surface area contributed by atoms with Crippen LogP contribution >= 0.6 is 0 Å². The minimum absolute atomic E-state index is 0.781. The van der Waals surface area contributed by atoms with Gasteiger partial charge in [0.15, 0.2) is 0 Å². The lowest BCUT2D eigenvalue weighted by atomic mass is 10.1. The highest BCUT2D eigenvalue weighted by Crippen LogP contribution is 2.07. The smallest absolute Gasteiger partial charge is 0.0316 e. The third-order valence-corrected chi connectivity index (χ3v) is 1.51. The second kappa shape index (κ2) is 3.68. The number of rotatable bonds is 2. The van der Waals surface area contributed by atoms with Gasteiger partial charge in [-0.2, -0.15) is 0 Å². The summed E-state index contributed by atoms with van der Waals surface area (Å²) in [5, 5.41) is 0. The lowest BCUT2D eigenvalue weighted by Crippen LogP contribution is -1.87. The summed E-state index contributed by atoms with van der Waals surface area (Å²) in [6.07, 6.45) is 6.83. The number of anilines is 1. The van der Waals surface area contributed by atoms with Gasteiger partial charge in [-0.15, -0.1) is 12.3 Å². The highest BCUT2D eigenvalue weighted by atomic mass is 14.5. The summed E-state index contributed by atoms with van der Waals surface area (Å²) in [6, 6.07) is 7.81. The van der Waals surface area contributed by atoms with Crippen LogP contribution in [0.2, 0.25) is 0 Å². The highest BCUT2D eigenvalue weighted by Gasteiger charge is 1.90. The zero-order chi connectivity index (χ0) is 8.10. The molecule has 0 heterocycles. The number of nitrogens with two attached hydrogens (primary N) is 1. The lowest BCUT2D eigenvalue weighted by Gasteiger charge is -1.97. The number of hydrogen-bond donors (Lipinski definition) is 1. The molecule has 0 aliphatic carbocycles. The van der Waals surface area contributed by atoms with Gasteiger partial charge in [-0.3, -0.25) is 0 Å². The zero-order valence-electron chi connectivity index (χ0n) is 6.38. The van der Waals surface area contributed by atoms with Crippen LogP contribution in [0, 0.1) is 12.3 Å². The van der Waals surface area contributed by atoms with Gasteiger partial charge in [-0.25, -0.2) is 0 Å². The molecule has 0 aliphatic heterocycles. The van der Waals surface area contributed by atoms with E-state index >= 15 is 0 Å². The monoisotopic (exact) mass is 145 g/mol. The first kappa shape index (κ1) is 7.68. The molecule has 1 rings (SSSR count). The Kier molecular flexibility index (Phi) is 2.57. The molecule has 0 saturated carbocycles. The maximum atomic E-state index is 5.58. The van der Waals surface area contributed by atoms with Crippen molar-refractivity contribution in [3.63, 3.8) is 0 Å². The molecule has 0 aliphatic rings. The van der Waals surface area contributed by atoms with E-state index in [9.17, 15) is 0 Å². The number of nitrogen functional groups attached to an aromatic ring is 1. The SMILES string of the molecule is C#CCCc1cccc(N)c1. The standard InChI is InChI=1S/C10H11N/c1-2-3-5-9-6-4-7-10(11)8-9/h1,4,6-8H,3,5,11H2. The van der Waals surface area contributed by atoms with Crippen LogP contribution in [0.15, 0.2) is 24.3 Å². The van der Waals surface area contributed by atoms with Crippen molar-refractivity contribution in [1.82, 2.24) is 0 Å². The van der Waals surface area contributed by atoms with Crippen LogP contribution < -0.4 is 5.73 Å². The number of terminal acetylenes is 1. The summed E-state index contributed by atoms with van der Waals surface area (Å²) in [7, 11) is 0. The Labute approximate surface area is 67.2 Å². The molecule has 0 bridgehead atoms. The Hall–Kier alpha value is -1.42. The van der Waals surface area contributed by atoms with Gasteiger partial charge < -0.3 is 5.73 Å². The van der Waals surface area contributed by atoms with E-state index in [-0.39, 0.29) is 0 Å². The largest absolute Gasteiger partial charge is 0.399 e. The van der Waals surface area contributed by atoms with Crippen LogP contribution in [-0.2, 0) is 6.42 Å². The van der Waals surface area contributed by atoms with E-state index in [1.54, 1.807) is 0 Å². The number of hydrogen-bond acceptors (Lipinski definition) is 1. The van der Waals surface area contributed by atoms with E-state index in [1.807, 2.05) is 24.3 Å². The molecule has 0 unspecified atom stereocenters. The van der Waals surface area contributed by atoms with Crippen LogP contribution in [-0.4, -0.2) is 0 Å². The van der Waals surface area contributed by atoms with Crippen molar-refractivity contribution < 1.29 is 0 Å². The Morgan fingerprint density at radius 2 is 2.27 bits per heavy atom. The van der Waals surface area contributed by atoms with E-state index in [2.05, 4.69) is 5.92 Å². The fourth-order valence-electron chi connectivity index (χ4n) is 0.965. The Balaban J connectivity index is 2.65. The quantitative estimate of drug-likeness (QED) is 0.498. The topological polar surface area (TPSA) is 26.0 Å². The Bertz CT molecular complexity index is 270. The molecule has 1 nitrogen and oxygen atoms in total. The molecule has 56 valence electrons.